The Balaban J connectivity index is 1.58. The zero-order chi connectivity index (χ0) is 23.2. The van der Waals surface area contributed by atoms with Crippen LogP contribution in [-0.4, -0.2) is 49.6 Å². The number of carbonyl (C=O) groups is 1. The third-order valence-electron chi connectivity index (χ3n) is 4.53. The summed E-state index contributed by atoms with van der Waals surface area (Å²) in [5.41, 5.74) is 9.64. The second-order valence-electron chi connectivity index (χ2n) is 6.59. The molecule has 0 fully saturated rings. The van der Waals surface area contributed by atoms with E-state index in [0.717, 1.165) is 5.69 Å². The lowest BCUT2D eigenvalue weighted by molar-refractivity contribution is 0.0949. The summed E-state index contributed by atoms with van der Waals surface area (Å²) >= 11 is 0. The molecule has 0 aliphatic rings. The van der Waals surface area contributed by atoms with E-state index in [1.807, 2.05) is 30.3 Å². The fourth-order valence-corrected chi connectivity index (χ4v) is 2.91. The van der Waals surface area contributed by atoms with Crippen LogP contribution in [0.15, 0.2) is 58.3 Å². The number of carbonyl (C=O) groups excluding carboxylic acids is 1. The molecule has 4 aromatic rings. The number of aromatic nitrogens is 5. The molecular formula is C20H19N9O4. The van der Waals surface area contributed by atoms with Crippen LogP contribution in [0.4, 0.5) is 11.5 Å². The first-order chi connectivity index (χ1) is 16.1. The fourth-order valence-electron chi connectivity index (χ4n) is 2.91. The number of benzene rings is 2. The van der Waals surface area contributed by atoms with E-state index >= 15 is 0 Å². The van der Waals surface area contributed by atoms with Gasteiger partial charge >= 0.3 is 0 Å². The number of ether oxygens (including phenoxy) is 1. The summed E-state index contributed by atoms with van der Waals surface area (Å²) in [6.07, 6.45) is 1.28. The Hall–Kier alpha value is -4.94. The summed E-state index contributed by atoms with van der Waals surface area (Å²) in [6.45, 7) is 0.159. The van der Waals surface area contributed by atoms with E-state index in [-0.39, 0.29) is 35.4 Å². The second-order valence-corrected chi connectivity index (χ2v) is 6.59. The minimum Gasteiger partial charge on any atom is -0.504 e. The Bertz CT molecular complexity index is 1280. The highest BCUT2D eigenvalue weighted by atomic mass is 16.6. The molecular weight excluding hydrogens is 430 g/mol. The molecule has 4 rings (SSSR count). The van der Waals surface area contributed by atoms with Gasteiger partial charge in [0.2, 0.25) is 11.6 Å². The minimum atomic E-state index is -0.639. The van der Waals surface area contributed by atoms with Crippen molar-refractivity contribution < 1.29 is 19.3 Å². The van der Waals surface area contributed by atoms with Crippen molar-refractivity contribution in [3.63, 3.8) is 0 Å². The number of nitrogen functional groups attached to an aromatic ring is 1. The maximum Gasteiger partial charge on any atom is 0.293 e. The zero-order valence-corrected chi connectivity index (χ0v) is 17.3. The Morgan fingerprint density at radius 1 is 1.24 bits per heavy atom. The van der Waals surface area contributed by atoms with Crippen LogP contribution in [0, 0.1) is 0 Å². The van der Waals surface area contributed by atoms with Crippen molar-refractivity contribution >= 4 is 23.6 Å². The number of para-hydroxylation sites is 2. The molecule has 0 aliphatic carbocycles. The molecule has 2 aromatic heterocycles. The van der Waals surface area contributed by atoms with Crippen LogP contribution >= 0.6 is 0 Å². The number of methoxy groups -OCH3 is 1. The van der Waals surface area contributed by atoms with E-state index in [1.54, 1.807) is 18.2 Å². The molecule has 0 aliphatic heterocycles. The molecule has 0 spiro atoms. The van der Waals surface area contributed by atoms with Gasteiger partial charge in [0.25, 0.3) is 5.91 Å². The van der Waals surface area contributed by atoms with Crippen LogP contribution in [0.2, 0.25) is 0 Å². The van der Waals surface area contributed by atoms with Gasteiger partial charge in [-0.15, -0.1) is 5.10 Å². The van der Waals surface area contributed by atoms with Crippen LogP contribution in [0.3, 0.4) is 0 Å². The van der Waals surface area contributed by atoms with Gasteiger partial charge in [-0.05, 0) is 34.6 Å². The molecule has 2 aromatic carbocycles. The number of amides is 1. The second kappa shape index (κ2) is 9.47. The van der Waals surface area contributed by atoms with Crippen LogP contribution in [0.25, 0.3) is 5.82 Å². The SMILES string of the molecule is COc1cccc(C=NNC(=O)c2nnn(-c3nonc3N)c2CNc2ccccc2)c1O. The predicted octanol–water partition coefficient (Wildman–Crippen LogP) is 1.32. The van der Waals surface area contributed by atoms with Gasteiger partial charge in [-0.1, -0.05) is 29.5 Å². The van der Waals surface area contributed by atoms with Gasteiger partial charge in [0.15, 0.2) is 17.2 Å². The number of rotatable bonds is 8. The van der Waals surface area contributed by atoms with Crippen LogP contribution < -0.4 is 21.2 Å². The van der Waals surface area contributed by atoms with E-state index in [2.05, 4.69) is 41.1 Å². The van der Waals surface area contributed by atoms with E-state index < -0.39 is 5.91 Å². The highest BCUT2D eigenvalue weighted by Gasteiger charge is 2.23. The quantitative estimate of drug-likeness (QED) is 0.226. The normalized spacial score (nSPS) is 10.9. The summed E-state index contributed by atoms with van der Waals surface area (Å²) in [4.78, 5) is 12.8. The Morgan fingerprint density at radius 2 is 2.06 bits per heavy atom. The molecule has 0 bridgehead atoms. The Labute approximate surface area is 186 Å². The lowest BCUT2D eigenvalue weighted by Crippen LogP contribution is -2.21. The zero-order valence-electron chi connectivity index (χ0n) is 17.3. The van der Waals surface area contributed by atoms with Gasteiger partial charge in [-0.25, -0.2) is 10.1 Å². The fraction of sp³-hybridized carbons (Fsp3) is 0.100. The Morgan fingerprint density at radius 3 is 2.79 bits per heavy atom. The molecule has 168 valence electrons. The molecule has 0 unspecified atom stereocenters. The van der Waals surface area contributed by atoms with Crippen molar-refractivity contribution in [2.24, 2.45) is 5.10 Å². The Kier molecular flexibility index (Phi) is 6.11. The number of hydrazone groups is 1. The van der Waals surface area contributed by atoms with Crippen LogP contribution in [0.5, 0.6) is 11.5 Å². The summed E-state index contributed by atoms with van der Waals surface area (Å²) in [5.74, 6) is -0.387. The van der Waals surface area contributed by atoms with Gasteiger partial charge in [-0.3, -0.25) is 4.79 Å². The number of hydrogen-bond donors (Lipinski definition) is 4. The van der Waals surface area contributed by atoms with Crippen molar-refractivity contribution in [1.29, 1.82) is 0 Å². The highest BCUT2D eigenvalue weighted by molar-refractivity contribution is 5.94. The van der Waals surface area contributed by atoms with Crippen molar-refractivity contribution in [2.75, 3.05) is 18.2 Å². The third kappa shape index (κ3) is 4.56. The number of anilines is 2. The summed E-state index contributed by atoms with van der Waals surface area (Å²) in [5, 5.41) is 32.4. The largest absolute Gasteiger partial charge is 0.504 e. The first-order valence-electron chi connectivity index (χ1n) is 9.59. The van der Waals surface area contributed by atoms with Gasteiger partial charge in [0.1, 0.15) is 0 Å². The predicted molar refractivity (Wildman–Crippen MR) is 117 cm³/mol. The molecule has 13 nitrogen and oxygen atoms in total. The van der Waals surface area contributed by atoms with Crippen molar-refractivity contribution in [3.8, 4) is 17.3 Å². The molecule has 0 atom stereocenters. The van der Waals surface area contributed by atoms with Crippen molar-refractivity contribution in [2.45, 2.75) is 6.54 Å². The third-order valence-corrected chi connectivity index (χ3v) is 4.53. The number of nitrogens with one attached hydrogen (secondary N) is 2. The number of hydrogen-bond acceptors (Lipinski definition) is 11. The number of nitrogens with two attached hydrogens (primary N) is 1. The first kappa shape index (κ1) is 21.3. The molecule has 1 amide bonds. The van der Waals surface area contributed by atoms with Gasteiger partial charge in [-0.2, -0.15) is 9.78 Å². The molecule has 33 heavy (non-hydrogen) atoms. The van der Waals surface area contributed by atoms with Gasteiger partial charge in [0.05, 0.1) is 25.6 Å². The first-order valence-corrected chi connectivity index (χ1v) is 9.59. The summed E-state index contributed by atoms with van der Waals surface area (Å²) < 4.78 is 11.0. The maximum absolute atomic E-state index is 12.8. The molecule has 0 saturated carbocycles. The molecule has 5 N–H and O–H groups in total. The molecule has 13 heteroatoms. The van der Waals surface area contributed by atoms with Crippen molar-refractivity contribution in [3.05, 3.63) is 65.5 Å². The monoisotopic (exact) mass is 449 g/mol. The van der Waals surface area contributed by atoms with Crippen molar-refractivity contribution in [1.82, 2.24) is 30.7 Å². The number of nitrogens with zero attached hydrogens (tertiary/aromatic N) is 6. The van der Waals surface area contributed by atoms with Crippen LogP contribution in [-0.2, 0) is 6.54 Å². The number of phenolic OH excluding ortho intramolecular Hbond substituents is 1. The number of phenols is 1. The average molecular weight is 449 g/mol. The molecule has 0 radical (unpaired) electrons. The molecule has 0 saturated heterocycles. The minimum absolute atomic E-state index is 0.0145. The van der Waals surface area contributed by atoms with Gasteiger partial charge < -0.3 is 20.9 Å². The lowest BCUT2D eigenvalue weighted by atomic mass is 10.2. The summed E-state index contributed by atoms with van der Waals surface area (Å²) in [6, 6.07) is 14.2. The smallest absolute Gasteiger partial charge is 0.293 e. The lowest BCUT2D eigenvalue weighted by Gasteiger charge is -2.08. The van der Waals surface area contributed by atoms with E-state index in [9.17, 15) is 9.90 Å². The van der Waals surface area contributed by atoms with E-state index in [0.29, 0.717) is 11.3 Å². The molecule has 2 heterocycles. The van der Waals surface area contributed by atoms with E-state index in [1.165, 1.54) is 18.0 Å². The summed E-state index contributed by atoms with van der Waals surface area (Å²) in [7, 11) is 1.43. The van der Waals surface area contributed by atoms with Crippen LogP contribution in [0.1, 0.15) is 21.7 Å². The standard InChI is InChI=1S/C20H19N9O4/c1-32-15-9-5-6-12(17(15)30)10-23-25-20(31)16-14(11-22-13-7-3-2-4-8-13)29(28-24-16)19-18(21)26-33-27-19/h2-10,22,30H,11H2,1H3,(H2,21,26)(H,25,31). The average Bonchev–Trinajstić information content (AvgIpc) is 3.45. The van der Waals surface area contributed by atoms with Gasteiger partial charge in [0, 0.05) is 11.3 Å². The maximum atomic E-state index is 12.8. The highest BCUT2D eigenvalue weighted by Crippen LogP contribution is 2.28. The number of aromatic hydroxyl groups is 1. The van der Waals surface area contributed by atoms with E-state index in [4.69, 9.17) is 10.5 Å². The topological polar surface area (TPSA) is 179 Å².